The Hall–Kier alpha value is -1.32. The van der Waals surface area contributed by atoms with Crippen LogP contribution in [0.15, 0.2) is 12.3 Å². The molecule has 2 rings (SSSR count). The van der Waals surface area contributed by atoms with E-state index in [0.29, 0.717) is 6.04 Å². The van der Waals surface area contributed by atoms with Gasteiger partial charge in [0.25, 0.3) is 0 Å². The van der Waals surface area contributed by atoms with E-state index in [-0.39, 0.29) is 0 Å². The van der Waals surface area contributed by atoms with Gasteiger partial charge >= 0.3 is 0 Å². The van der Waals surface area contributed by atoms with E-state index in [9.17, 15) is 0 Å². The molecule has 0 radical (unpaired) electrons. The minimum absolute atomic E-state index is 0.714. The molecule has 1 aliphatic rings. The first kappa shape index (κ1) is 12.1. The first-order valence-corrected chi connectivity index (χ1v) is 6.68. The number of rotatable bonds is 7. The number of unbranched alkanes of at least 4 members (excludes halogenated alkanes) is 1. The fraction of sp³-hybridized carbons (Fsp3) is 0.692. The highest BCUT2D eigenvalue weighted by atomic mass is 15.3. The van der Waals surface area contributed by atoms with Gasteiger partial charge in [-0.2, -0.15) is 4.98 Å². The lowest BCUT2D eigenvalue weighted by Crippen LogP contribution is -2.28. The molecule has 17 heavy (non-hydrogen) atoms. The zero-order valence-electron chi connectivity index (χ0n) is 10.8. The number of anilines is 2. The highest BCUT2D eigenvalue weighted by molar-refractivity contribution is 5.44. The van der Waals surface area contributed by atoms with E-state index >= 15 is 0 Å². The van der Waals surface area contributed by atoms with Crippen LogP contribution in [0.25, 0.3) is 0 Å². The fourth-order valence-electron chi connectivity index (χ4n) is 1.95. The van der Waals surface area contributed by atoms with Gasteiger partial charge in [0.2, 0.25) is 5.95 Å². The standard InChI is InChI=1S/C13H22N4/c1-3-5-10-17(11-6-7-11)12-8-9-15-13(16-12)14-4-2/h8-9,11H,3-7,10H2,1-2H3,(H,14,15,16). The molecule has 0 bridgehead atoms. The van der Waals surface area contributed by atoms with Crippen molar-refractivity contribution in [1.29, 1.82) is 0 Å². The summed E-state index contributed by atoms with van der Waals surface area (Å²) in [6.07, 6.45) is 6.93. The first-order chi connectivity index (χ1) is 8.35. The Bertz CT molecular complexity index is 349. The number of aromatic nitrogens is 2. The lowest BCUT2D eigenvalue weighted by Gasteiger charge is -2.23. The average Bonchev–Trinajstić information content (AvgIpc) is 3.15. The second-order valence-corrected chi connectivity index (χ2v) is 4.55. The third kappa shape index (κ3) is 3.32. The number of hydrogen-bond donors (Lipinski definition) is 1. The van der Waals surface area contributed by atoms with Crippen molar-refractivity contribution in [3.05, 3.63) is 12.3 Å². The molecule has 0 amide bonds. The SMILES string of the molecule is CCCCN(c1ccnc(NCC)n1)C1CC1. The lowest BCUT2D eigenvalue weighted by atomic mass is 10.3. The molecule has 1 heterocycles. The van der Waals surface area contributed by atoms with Gasteiger partial charge < -0.3 is 10.2 Å². The van der Waals surface area contributed by atoms with Gasteiger partial charge in [-0.1, -0.05) is 13.3 Å². The van der Waals surface area contributed by atoms with Gasteiger partial charge in [-0.3, -0.25) is 0 Å². The van der Waals surface area contributed by atoms with Crippen LogP contribution in [0.2, 0.25) is 0 Å². The molecule has 0 aliphatic heterocycles. The van der Waals surface area contributed by atoms with E-state index in [1.54, 1.807) is 0 Å². The molecule has 0 spiro atoms. The topological polar surface area (TPSA) is 41.1 Å². The summed E-state index contributed by atoms with van der Waals surface area (Å²) in [6.45, 7) is 6.27. The minimum atomic E-state index is 0.714. The van der Waals surface area contributed by atoms with E-state index in [4.69, 9.17) is 0 Å². The molecule has 0 aromatic carbocycles. The molecule has 94 valence electrons. The van der Waals surface area contributed by atoms with Crippen molar-refractivity contribution in [3.8, 4) is 0 Å². The van der Waals surface area contributed by atoms with E-state index in [1.807, 2.05) is 12.3 Å². The van der Waals surface area contributed by atoms with Crippen molar-refractivity contribution in [3.63, 3.8) is 0 Å². The molecule has 1 fully saturated rings. The van der Waals surface area contributed by atoms with Crippen LogP contribution in [-0.2, 0) is 0 Å². The van der Waals surface area contributed by atoms with E-state index in [2.05, 4.69) is 34.0 Å². The predicted octanol–water partition coefficient (Wildman–Crippen LogP) is 2.68. The van der Waals surface area contributed by atoms with Crippen LogP contribution < -0.4 is 10.2 Å². The summed E-state index contributed by atoms with van der Waals surface area (Å²) >= 11 is 0. The minimum Gasteiger partial charge on any atom is -0.354 e. The Morgan fingerprint density at radius 2 is 2.24 bits per heavy atom. The van der Waals surface area contributed by atoms with Crippen molar-refractivity contribution in [2.24, 2.45) is 0 Å². The maximum atomic E-state index is 4.58. The van der Waals surface area contributed by atoms with Gasteiger partial charge in [-0.15, -0.1) is 0 Å². The molecule has 0 saturated heterocycles. The maximum absolute atomic E-state index is 4.58. The third-order valence-electron chi connectivity index (χ3n) is 3.01. The summed E-state index contributed by atoms with van der Waals surface area (Å²) in [4.78, 5) is 11.2. The van der Waals surface area contributed by atoms with Crippen molar-refractivity contribution >= 4 is 11.8 Å². The monoisotopic (exact) mass is 234 g/mol. The van der Waals surface area contributed by atoms with Crippen molar-refractivity contribution < 1.29 is 0 Å². The summed E-state index contributed by atoms with van der Waals surface area (Å²) in [5, 5.41) is 3.17. The Kier molecular flexibility index (Phi) is 4.18. The number of nitrogens with one attached hydrogen (secondary N) is 1. The summed E-state index contributed by atoms with van der Waals surface area (Å²) in [5.74, 6) is 1.82. The smallest absolute Gasteiger partial charge is 0.224 e. The lowest BCUT2D eigenvalue weighted by molar-refractivity contribution is 0.704. The third-order valence-corrected chi connectivity index (χ3v) is 3.01. The Morgan fingerprint density at radius 1 is 1.41 bits per heavy atom. The molecule has 1 aliphatic carbocycles. The molecule has 1 N–H and O–H groups in total. The molecular formula is C13H22N4. The zero-order valence-corrected chi connectivity index (χ0v) is 10.8. The van der Waals surface area contributed by atoms with Gasteiger partial charge in [0.15, 0.2) is 0 Å². The summed E-state index contributed by atoms with van der Waals surface area (Å²) in [5.41, 5.74) is 0. The zero-order chi connectivity index (χ0) is 12.1. The highest BCUT2D eigenvalue weighted by Gasteiger charge is 2.29. The summed E-state index contributed by atoms with van der Waals surface area (Å²) in [6, 6.07) is 2.74. The Balaban J connectivity index is 2.08. The molecule has 4 nitrogen and oxygen atoms in total. The quantitative estimate of drug-likeness (QED) is 0.787. The van der Waals surface area contributed by atoms with Gasteiger partial charge in [0, 0.05) is 25.3 Å². The summed E-state index contributed by atoms with van der Waals surface area (Å²) < 4.78 is 0. The van der Waals surface area contributed by atoms with Crippen LogP contribution in [-0.4, -0.2) is 29.1 Å². The molecular weight excluding hydrogens is 212 g/mol. The highest BCUT2D eigenvalue weighted by Crippen LogP contribution is 2.31. The molecule has 1 aromatic rings. The van der Waals surface area contributed by atoms with E-state index < -0.39 is 0 Å². The van der Waals surface area contributed by atoms with Crippen LogP contribution >= 0.6 is 0 Å². The van der Waals surface area contributed by atoms with Crippen LogP contribution in [0.3, 0.4) is 0 Å². The average molecular weight is 234 g/mol. The second-order valence-electron chi connectivity index (χ2n) is 4.55. The Labute approximate surface area is 103 Å². The van der Waals surface area contributed by atoms with Crippen molar-refractivity contribution in [2.45, 2.75) is 45.6 Å². The molecule has 0 unspecified atom stereocenters. The maximum Gasteiger partial charge on any atom is 0.224 e. The normalized spacial score (nSPS) is 14.7. The summed E-state index contributed by atoms with van der Waals surface area (Å²) in [7, 11) is 0. The van der Waals surface area contributed by atoms with Crippen LogP contribution in [0.1, 0.15) is 39.5 Å². The second kappa shape index (κ2) is 5.84. The van der Waals surface area contributed by atoms with Crippen molar-refractivity contribution in [2.75, 3.05) is 23.3 Å². The number of nitrogens with zero attached hydrogens (tertiary/aromatic N) is 3. The van der Waals surface area contributed by atoms with Gasteiger partial charge in [-0.25, -0.2) is 4.98 Å². The van der Waals surface area contributed by atoms with Gasteiger partial charge in [0.05, 0.1) is 0 Å². The van der Waals surface area contributed by atoms with Crippen LogP contribution in [0.4, 0.5) is 11.8 Å². The van der Waals surface area contributed by atoms with Crippen LogP contribution in [0, 0.1) is 0 Å². The predicted molar refractivity (Wildman–Crippen MR) is 71.5 cm³/mol. The van der Waals surface area contributed by atoms with Crippen LogP contribution in [0.5, 0.6) is 0 Å². The number of hydrogen-bond acceptors (Lipinski definition) is 4. The first-order valence-electron chi connectivity index (χ1n) is 6.68. The molecule has 1 saturated carbocycles. The Morgan fingerprint density at radius 3 is 2.88 bits per heavy atom. The fourth-order valence-corrected chi connectivity index (χ4v) is 1.95. The van der Waals surface area contributed by atoms with Crippen molar-refractivity contribution in [1.82, 2.24) is 9.97 Å². The largest absolute Gasteiger partial charge is 0.354 e. The van der Waals surface area contributed by atoms with E-state index in [1.165, 1.54) is 25.7 Å². The van der Waals surface area contributed by atoms with E-state index in [0.717, 1.165) is 24.9 Å². The molecule has 4 heteroatoms. The molecule has 0 atom stereocenters. The van der Waals surface area contributed by atoms with Gasteiger partial charge in [-0.05, 0) is 32.3 Å². The molecule has 1 aromatic heterocycles. The van der Waals surface area contributed by atoms with Gasteiger partial charge in [0.1, 0.15) is 5.82 Å².